The third kappa shape index (κ3) is 13.3. The maximum Gasteiger partial charge on any atom is 0.225 e. The van der Waals surface area contributed by atoms with Crippen LogP contribution in [0, 0.1) is 6.92 Å². The van der Waals surface area contributed by atoms with E-state index in [0.29, 0.717) is 6.42 Å². The van der Waals surface area contributed by atoms with E-state index in [-0.39, 0.29) is 5.91 Å². The molecule has 0 aromatic heterocycles. The zero-order valence-corrected chi connectivity index (χ0v) is 14.1. The van der Waals surface area contributed by atoms with E-state index in [2.05, 4.69) is 19.2 Å². The van der Waals surface area contributed by atoms with Gasteiger partial charge in [-0.25, -0.2) is 0 Å². The van der Waals surface area contributed by atoms with Crippen molar-refractivity contribution in [2.24, 2.45) is 0 Å². The van der Waals surface area contributed by atoms with Gasteiger partial charge >= 0.3 is 0 Å². The highest BCUT2D eigenvalue weighted by Gasteiger charge is 2.00. The molecular formula is C16H29NOS. The molecule has 0 unspecified atom stereocenters. The predicted molar refractivity (Wildman–Crippen MR) is 90.1 cm³/mol. The molecule has 19 heavy (non-hydrogen) atoms. The Kier molecular flexibility index (Phi) is 16.2. The number of rotatable bonds is 4. The van der Waals surface area contributed by atoms with Crippen LogP contribution in [0.5, 0.6) is 0 Å². The number of carbonyl (C=O) groups is 1. The molecule has 3 heteroatoms. The Morgan fingerprint density at radius 3 is 2.05 bits per heavy atom. The summed E-state index contributed by atoms with van der Waals surface area (Å²) in [5.41, 5.74) is 2.08. The van der Waals surface area contributed by atoms with Crippen molar-refractivity contribution in [2.75, 3.05) is 17.3 Å². The Bertz CT molecular complexity index is 309. The number of amides is 1. The topological polar surface area (TPSA) is 29.1 Å². The number of carbonyl (C=O) groups excluding carboxylic acids is 1. The van der Waals surface area contributed by atoms with E-state index >= 15 is 0 Å². The fourth-order valence-corrected chi connectivity index (χ4v) is 1.44. The van der Waals surface area contributed by atoms with Gasteiger partial charge in [0, 0.05) is 17.9 Å². The van der Waals surface area contributed by atoms with Gasteiger partial charge in [0.2, 0.25) is 5.91 Å². The summed E-state index contributed by atoms with van der Waals surface area (Å²) in [6.45, 7) is 10.3. The number of aryl methyl sites for hydroxylation is 1. The van der Waals surface area contributed by atoms with Gasteiger partial charge in [-0.3, -0.25) is 4.79 Å². The van der Waals surface area contributed by atoms with Gasteiger partial charge in [-0.15, -0.1) is 0 Å². The zero-order chi connectivity index (χ0) is 15.1. The molecule has 0 radical (unpaired) electrons. The van der Waals surface area contributed by atoms with Crippen molar-refractivity contribution in [2.45, 2.75) is 47.5 Å². The standard InChI is InChI=1S/C11H15NOS.C3H8.C2H6/c1-9-3-5-10(6-4-9)12-11(13)7-8-14-2;1-3-2;1-2/h3-6H,7-8H2,1-2H3,(H,12,13);3H2,1-2H3;1-2H3. The molecule has 0 saturated carbocycles. The van der Waals surface area contributed by atoms with E-state index in [1.165, 1.54) is 12.0 Å². The summed E-state index contributed by atoms with van der Waals surface area (Å²) in [6, 6.07) is 7.83. The molecule has 0 spiro atoms. The van der Waals surface area contributed by atoms with Crippen molar-refractivity contribution in [3.63, 3.8) is 0 Å². The molecule has 0 heterocycles. The Labute approximate surface area is 123 Å². The fourth-order valence-electron chi connectivity index (χ4n) is 1.06. The summed E-state index contributed by atoms with van der Waals surface area (Å²) in [6.07, 6.45) is 3.83. The number of benzene rings is 1. The highest BCUT2D eigenvalue weighted by molar-refractivity contribution is 7.98. The second-order valence-corrected chi connectivity index (χ2v) is 4.85. The van der Waals surface area contributed by atoms with Gasteiger partial charge in [0.25, 0.3) is 0 Å². The van der Waals surface area contributed by atoms with Gasteiger partial charge in [-0.05, 0) is 25.3 Å². The first kappa shape index (κ1) is 20.4. The van der Waals surface area contributed by atoms with Crippen molar-refractivity contribution in [1.29, 1.82) is 0 Å². The smallest absolute Gasteiger partial charge is 0.225 e. The zero-order valence-electron chi connectivity index (χ0n) is 13.2. The highest BCUT2D eigenvalue weighted by Crippen LogP contribution is 2.09. The van der Waals surface area contributed by atoms with Gasteiger partial charge in [-0.1, -0.05) is 51.8 Å². The van der Waals surface area contributed by atoms with Crippen molar-refractivity contribution in [3.05, 3.63) is 29.8 Å². The molecule has 0 bridgehead atoms. The van der Waals surface area contributed by atoms with Crippen LogP contribution < -0.4 is 5.32 Å². The molecule has 1 aromatic rings. The minimum absolute atomic E-state index is 0.0863. The van der Waals surface area contributed by atoms with Gasteiger partial charge in [0.1, 0.15) is 0 Å². The first-order chi connectivity index (χ1) is 9.13. The Morgan fingerprint density at radius 1 is 1.16 bits per heavy atom. The third-order valence-electron chi connectivity index (χ3n) is 1.87. The third-order valence-corrected chi connectivity index (χ3v) is 2.48. The molecule has 1 amide bonds. The fraction of sp³-hybridized carbons (Fsp3) is 0.562. The summed E-state index contributed by atoms with van der Waals surface area (Å²) in [7, 11) is 0. The molecule has 2 nitrogen and oxygen atoms in total. The molecule has 1 rings (SSSR count). The largest absolute Gasteiger partial charge is 0.326 e. The van der Waals surface area contributed by atoms with Crippen LogP contribution >= 0.6 is 11.8 Å². The second-order valence-electron chi connectivity index (χ2n) is 3.86. The van der Waals surface area contributed by atoms with Crippen LogP contribution in [-0.2, 0) is 4.79 Å². The van der Waals surface area contributed by atoms with Crippen molar-refractivity contribution < 1.29 is 4.79 Å². The van der Waals surface area contributed by atoms with Crippen LogP contribution in [0.4, 0.5) is 5.69 Å². The number of thioether (sulfide) groups is 1. The summed E-state index contributed by atoms with van der Waals surface area (Å²) in [4.78, 5) is 11.3. The first-order valence-corrected chi connectivity index (χ1v) is 8.38. The predicted octanol–water partition coefficient (Wildman–Crippen LogP) is 5.13. The number of anilines is 1. The Hall–Kier alpha value is -0.960. The molecular weight excluding hydrogens is 254 g/mol. The lowest BCUT2D eigenvalue weighted by Gasteiger charge is -2.04. The van der Waals surface area contributed by atoms with Crippen LogP contribution in [0.15, 0.2) is 24.3 Å². The van der Waals surface area contributed by atoms with Crippen LogP contribution in [0.25, 0.3) is 0 Å². The average Bonchev–Trinajstić information content (AvgIpc) is 2.42. The highest BCUT2D eigenvalue weighted by atomic mass is 32.2. The van der Waals surface area contributed by atoms with Crippen LogP contribution in [0.2, 0.25) is 0 Å². The molecule has 0 aliphatic carbocycles. The van der Waals surface area contributed by atoms with Crippen LogP contribution in [-0.4, -0.2) is 17.9 Å². The van der Waals surface area contributed by atoms with Gasteiger partial charge in [-0.2, -0.15) is 11.8 Å². The molecule has 0 aliphatic rings. The van der Waals surface area contributed by atoms with E-state index in [0.717, 1.165) is 11.4 Å². The van der Waals surface area contributed by atoms with Crippen LogP contribution in [0.3, 0.4) is 0 Å². The lowest BCUT2D eigenvalue weighted by atomic mass is 10.2. The van der Waals surface area contributed by atoms with Gasteiger partial charge in [0.15, 0.2) is 0 Å². The Morgan fingerprint density at radius 2 is 1.63 bits per heavy atom. The lowest BCUT2D eigenvalue weighted by molar-refractivity contribution is -0.115. The van der Waals surface area contributed by atoms with Gasteiger partial charge < -0.3 is 5.32 Å². The molecule has 0 atom stereocenters. The second kappa shape index (κ2) is 15.1. The number of hydrogen-bond donors (Lipinski definition) is 1. The lowest BCUT2D eigenvalue weighted by Crippen LogP contribution is -2.11. The number of nitrogens with one attached hydrogen (secondary N) is 1. The summed E-state index contributed by atoms with van der Waals surface area (Å²) in [5.74, 6) is 0.959. The van der Waals surface area contributed by atoms with Crippen LogP contribution in [0.1, 0.15) is 46.1 Å². The minimum Gasteiger partial charge on any atom is -0.326 e. The molecule has 110 valence electrons. The average molecular weight is 283 g/mol. The summed E-state index contributed by atoms with van der Waals surface area (Å²) < 4.78 is 0. The molecule has 0 aliphatic heterocycles. The van der Waals surface area contributed by atoms with Crippen molar-refractivity contribution >= 4 is 23.4 Å². The van der Waals surface area contributed by atoms with E-state index in [1.807, 2.05) is 51.3 Å². The molecule has 0 saturated heterocycles. The maximum atomic E-state index is 11.3. The van der Waals surface area contributed by atoms with E-state index in [1.54, 1.807) is 11.8 Å². The molecule has 1 N–H and O–H groups in total. The number of hydrogen-bond acceptors (Lipinski definition) is 2. The maximum absolute atomic E-state index is 11.3. The monoisotopic (exact) mass is 283 g/mol. The van der Waals surface area contributed by atoms with E-state index in [9.17, 15) is 4.79 Å². The van der Waals surface area contributed by atoms with Crippen molar-refractivity contribution in [3.8, 4) is 0 Å². The molecule has 1 aromatic carbocycles. The van der Waals surface area contributed by atoms with E-state index < -0.39 is 0 Å². The normalized spacial score (nSPS) is 8.53. The summed E-state index contributed by atoms with van der Waals surface area (Å²) in [5, 5.41) is 2.85. The SMILES string of the molecule is CC.CCC.CSCCC(=O)Nc1ccc(C)cc1. The van der Waals surface area contributed by atoms with Gasteiger partial charge in [0.05, 0.1) is 0 Å². The Balaban J connectivity index is 0. The first-order valence-electron chi connectivity index (χ1n) is 6.99. The minimum atomic E-state index is 0.0863. The van der Waals surface area contributed by atoms with Crippen molar-refractivity contribution in [1.82, 2.24) is 0 Å². The quantitative estimate of drug-likeness (QED) is 0.830. The summed E-state index contributed by atoms with van der Waals surface area (Å²) >= 11 is 1.68. The molecule has 0 fully saturated rings. The van der Waals surface area contributed by atoms with E-state index in [4.69, 9.17) is 0 Å².